The van der Waals surface area contributed by atoms with Gasteiger partial charge in [-0.2, -0.15) is 5.26 Å². The van der Waals surface area contributed by atoms with Crippen molar-refractivity contribution in [3.05, 3.63) is 65.3 Å². The zero-order valence-electron chi connectivity index (χ0n) is 14.3. The Morgan fingerprint density at radius 3 is 2.67 bits per heavy atom. The zero-order chi connectivity index (χ0) is 17.7. The van der Waals surface area contributed by atoms with Gasteiger partial charge in [0.05, 0.1) is 11.6 Å². The van der Waals surface area contributed by atoms with Crippen LogP contribution >= 0.6 is 0 Å². The molecule has 1 saturated carbocycles. The van der Waals surface area contributed by atoms with Gasteiger partial charge in [-0.15, -0.1) is 0 Å². The van der Waals surface area contributed by atoms with E-state index in [9.17, 15) is 14.0 Å². The Morgan fingerprint density at radius 2 is 2.08 bits per heavy atom. The molecule has 0 heterocycles. The highest BCUT2D eigenvalue weighted by molar-refractivity contribution is 5.67. The molecule has 1 nitrogen and oxygen atoms in total. The van der Waals surface area contributed by atoms with Gasteiger partial charge >= 0.3 is 0 Å². The molecule has 0 unspecified atom stereocenters. The molecule has 0 radical (unpaired) electrons. The van der Waals surface area contributed by atoms with Crippen LogP contribution in [-0.2, 0) is 6.42 Å². The van der Waals surface area contributed by atoms with Gasteiger partial charge in [0.1, 0.15) is 0 Å². The number of alkyl halides is 2. The minimum Gasteiger partial charge on any atom is -0.202 e. The SMILES string of the molecule is C=C(/C=C\C=C(/C)c1cc(C#N)cc(CCC2CC2)c1)C(C)(F)F. The van der Waals surface area contributed by atoms with E-state index in [1.807, 2.05) is 19.1 Å². The average Bonchev–Trinajstić information content (AvgIpc) is 3.35. The standard InChI is InChI=1S/C21H23F2N/c1-15(5-4-6-16(2)21(3,22)23)20-12-18(10-9-17-7-8-17)11-19(13-20)14-24/h4-6,11-13,17H,2,7-10H2,1,3H3/b6-4-,15-5+. The lowest BCUT2D eigenvalue weighted by molar-refractivity contribution is 0.0680. The molecule has 0 amide bonds. The van der Waals surface area contributed by atoms with E-state index in [-0.39, 0.29) is 5.57 Å². The topological polar surface area (TPSA) is 23.8 Å². The van der Waals surface area contributed by atoms with E-state index in [2.05, 4.69) is 18.7 Å². The third kappa shape index (κ3) is 5.45. The monoisotopic (exact) mass is 327 g/mol. The average molecular weight is 327 g/mol. The van der Waals surface area contributed by atoms with Crippen molar-refractivity contribution in [3.63, 3.8) is 0 Å². The molecule has 1 aliphatic carbocycles. The number of nitriles is 1. The summed E-state index contributed by atoms with van der Waals surface area (Å²) in [4.78, 5) is 0. The van der Waals surface area contributed by atoms with Gasteiger partial charge in [-0.25, -0.2) is 8.78 Å². The molecule has 2 rings (SSSR count). The Morgan fingerprint density at radius 1 is 1.38 bits per heavy atom. The van der Waals surface area contributed by atoms with Gasteiger partial charge in [-0.3, -0.25) is 0 Å². The Hall–Kier alpha value is -2.21. The van der Waals surface area contributed by atoms with Gasteiger partial charge in [0.25, 0.3) is 5.92 Å². The molecule has 0 bridgehead atoms. The zero-order valence-corrected chi connectivity index (χ0v) is 14.3. The van der Waals surface area contributed by atoms with Crippen molar-refractivity contribution in [1.82, 2.24) is 0 Å². The van der Waals surface area contributed by atoms with Crippen molar-refractivity contribution in [1.29, 1.82) is 5.26 Å². The normalized spacial score (nSPS) is 15.5. The van der Waals surface area contributed by atoms with E-state index >= 15 is 0 Å². The van der Waals surface area contributed by atoms with Crippen LogP contribution in [0.5, 0.6) is 0 Å². The van der Waals surface area contributed by atoms with E-state index in [4.69, 9.17) is 0 Å². The summed E-state index contributed by atoms with van der Waals surface area (Å²) in [6.07, 6.45) is 9.47. The summed E-state index contributed by atoms with van der Waals surface area (Å²) < 4.78 is 26.1. The van der Waals surface area contributed by atoms with E-state index in [1.54, 1.807) is 12.2 Å². The van der Waals surface area contributed by atoms with Crippen LogP contribution in [0.2, 0.25) is 0 Å². The van der Waals surface area contributed by atoms with Crippen LogP contribution in [-0.4, -0.2) is 5.92 Å². The highest BCUT2D eigenvalue weighted by atomic mass is 19.3. The van der Waals surface area contributed by atoms with Crippen molar-refractivity contribution in [2.75, 3.05) is 0 Å². The minimum absolute atomic E-state index is 0.220. The molecule has 1 aliphatic rings. The molecule has 1 aromatic rings. The Bertz CT molecular complexity index is 710. The molecular weight excluding hydrogens is 304 g/mol. The first kappa shape index (κ1) is 18.1. The van der Waals surface area contributed by atoms with Crippen LogP contribution in [0.15, 0.2) is 48.6 Å². The summed E-state index contributed by atoms with van der Waals surface area (Å²) in [6, 6.07) is 8.07. The first-order valence-electron chi connectivity index (χ1n) is 8.26. The summed E-state index contributed by atoms with van der Waals surface area (Å²) in [5, 5.41) is 9.22. The first-order valence-corrected chi connectivity index (χ1v) is 8.26. The highest BCUT2D eigenvalue weighted by Gasteiger charge is 2.23. The van der Waals surface area contributed by atoms with E-state index in [0.29, 0.717) is 5.56 Å². The Balaban J connectivity index is 2.14. The number of benzene rings is 1. The summed E-state index contributed by atoms with van der Waals surface area (Å²) in [6.45, 7) is 6.12. The maximum absolute atomic E-state index is 13.1. The van der Waals surface area contributed by atoms with Gasteiger partial charge < -0.3 is 0 Å². The van der Waals surface area contributed by atoms with E-state index in [1.165, 1.54) is 25.3 Å². The molecule has 0 saturated heterocycles. The summed E-state index contributed by atoms with van der Waals surface area (Å²) in [5.41, 5.74) is 3.47. The molecule has 0 spiro atoms. The van der Waals surface area contributed by atoms with Crippen LogP contribution < -0.4 is 0 Å². The van der Waals surface area contributed by atoms with Crippen LogP contribution in [0.1, 0.15) is 49.8 Å². The summed E-state index contributed by atoms with van der Waals surface area (Å²) in [5.74, 6) is -2.06. The lowest BCUT2D eigenvalue weighted by Gasteiger charge is -2.09. The quantitative estimate of drug-likeness (QED) is 0.557. The largest absolute Gasteiger partial charge is 0.269 e. The number of aryl methyl sites for hydroxylation is 1. The molecule has 24 heavy (non-hydrogen) atoms. The van der Waals surface area contributed by atoms with Crippen LogP contribution in [0.4, 0.5) is 8.78 Å². The minimum atomic E-state index is -2.91. The van der Waals surface area contributed by atoms with Gasteiger partial charge in [-0.05, 0) is 54.5 Å². The second-order valence-electron chi connectivity index (χ2n) is 6.63. The second kappa shape index (κ2) is 7.57. The van der Waals surface area contributed by atoms with Crippen molar-refractivity contribution >= 4 is 5.57 Å². The Labute approximate surface area is 143 Å². The van der Waals surface area contributed by atoms with E-state index < -0.39 is 5.92 Å². The second-order valence-corrected chi connectivity index (χ2v) is 6.63. The van der Waals surface area contributed by atoms with Crippen LogP contribution in [0.3, 0.4) is 0 Å². The molecule has 3 heteroatoms. The van der Waals surface area contributed by atoms with Gasteiger partial charge in [0.2, 0.25) is 0 Å². The number of halogens is 2. The third-order valence-corrected chi connectivity index (χ3v) is 4.32. The Kier molecular flexibility index (Phi) is 5.72. The molecule has 0 aliphatic heterocycles. The highest BCUT2D eigenvalue weighted by Crippen LogP contribution is 2.34. The molecular formula is C21H23F2N. The predicted molar refractivity (Wildman–Crippen MR) is 94.8 cm³/mol. The molecule has 1 fully saturated rings. The molecule has 126 valence electrons. The number of hydrogen-bond donors (Lipinski definition) is 0. The maximum atomic E-state index is 13.1. The maximum Gasteiger partial charge on any atom is 0.269 e. The fourth-order valence-corrected chi connectivity index (χ4v) is 2.46. The number of nitrogens with zero attached hydrogens (tertiary/aromatic N) is 1. The number of allylic oxidation sites excluding steroid dienone is 5. The van der Waals surface area contributed by atoms with Crippen LogP contribution in [0.25, 0.3) is 5.57 Å². The number of hydrogen-bond acceptors (Lipinski definition) is 1. The molecule has 0 aromatic heterocycles. The van der Waals surface area contributed by atoms with Crippen molar-refractivity contribution in [2.45, 2.75) is 45.5 Å². The predicted octanol–water partition coefficient (Wildman–Crippen LogP) is 6.07. The van der Waals surface area contributed by atoms with Crippen molar-refractivity contribution in [3.8, 4) is 6.07 Å². The molecule has 0 atom stereocenters. The number of rotatable bonds is 7. The fraction of sp³-hybridized carbons (Fsp3) is 0.381. The van der Waals surface area contributed by atoms with E-state index in [0.717, 1.165) is 36.0 Å². The lowest BCUT2D eigenvalue weighted by Crippen LogP contribution is -2.10. The summed E-state index contributed by atoms with van der Waals surface area (Å²) in [7, 11) is 0. The van der Waals surface area contributed by atoms with Gasteiger partial charge in [0.15, 0.2) is 0 Å². The van der Waals surface area contributed by atoms with Crippen molar-refractivity contribution < 1.29 is 8.78 Å². The first-order chi connectivity index (χ1) is 11.3. The van der Waals surface area contributed by atoms with Gasteiger partial charge in [-0.1, -0.05) is 43.7 Å². The molecule has 1 aromatic carbocycles. The third-order valence-electron chi connectivity index (χ3n) is 4.32. The molecule has 0 N–H and O–H groups in total. The lowest BCUT2D eigenvalue weighted by atomic mass is 9.97. The summed E-state index contributed by atoms with van der Waals surface area (Å²) >= 11 is 0. The fourth-order valence-electron chi connectivity index (χ4n) is 2.46. The smallest absolute Gasteiger partial charge is 0.202 e. The van der Waals surface area contributed by atoms with Crippen molar-refractivity contribution in [2.24, 2.45) is 5.92 Å². The van der Waals surface area contributed by atoms with Gasteiger partial charge in [0, 0.05) is 12.5 Å². The van der Waals surface area contributed by atoms with Crippen LogP contribution in [0, 0.1) is 17.2 Å².